The number of pyridine rings is 1. The molecule has 3 aromatic rings. The Balaban J connectivity index is 1.65. The van der Waals surface area contributed by atoms with Gasteiger partial charge in [-0.05, 0) is 30.5 Å². The Kier molecular flexibility index (Phi) is 5.95. The second kappa shape index (κ2) is 8.57. The van der Waals surface area contributed by atoms with Crippen LogP contribution in [0.1, 0.15) is 60.5 Å². The molecule has 0 unspecified atom stereocenters. The summed E-state index contributed by atoms with van der Waals surface area (Å²) >= 11 is 0. The lowest BCUT2D eigenvalue weighted by atomic mass is 10.00. The number of carbonyl (C=O) groups excluding carboxylic acids is 1. The Bertz CT molecular complexity index is 836. The molecule has 0 spiro atoms. The quantitative estimate of drug-likeness (QED) is 0.375. The van der Waals surface area contributed by atoms with Gasteiger partial charge in [-0.15, -0.1) is 0 Å². The van der Waals surface area contributed by atoms with Crippen molar-refractivity contribution < 1.29 is 4.79 Å². The second-order valence-electron chi connectivity index (χ2n) is 6.61. The minimum absolute atomic E-state index is 0.0350. The topological polar surface area (TPSA) is 30.0 Å². The van der Waals surface area contributed by atoms with Crippen molar-refractivity contribution in [3.63, 3.8) is 0 Å². The number of benzene rings is 2. The van der Waals surface area contributed by atoms with Crippen LogP contribution >= 0.6 is 0 Å². The highest BCUT2D eigenvalue weighted by Gasteiger charge is 2.10. The molecule has 1 aromatic heterocycles. The highest BCUT2D eigenvalue weighted by Crippen LogP contribution is 2.17. The summed E-state index contributed by atoms with van der Waals surface area (Å²) in [4.78, 5) is 17.1. The van der Waals surface area contributed by atoms with Crippen LogP contribution in [-0.2, 0) is 6.42 Å². The molecule has 0 N–H and O–H groups in total. The third-order valence-corrected chi connectivity index (χ3v) is 4.64. The molecule has 1 heterocycles. The van der Waals surface area contributed by atoms with Crippen LogP contribution in [0.2, 0.25) is 0 Å². The predicted octanol–water partition coefficient (Wildman–Crippen LogP) is 5.98. The Morgan fingerprint density at radius 2 is 1.64 bits per heavy atom. The summed E-state index contributed by atoms with van der Waals surface area (Å²) < 4.78 is 0. The summed E-state index contributed by atoms with van der Waals surface area (Å²) in [6.45, 7) is 2.24. The summed E-state index contributed by atoms with van der Waals surface area (Å²) in [5.41, 5.74) is 3.60. The number of aromatic nitrogens is 1. The van der Waals surface area contributed by atoms with E-state index in [1.165, 1.54) is 37.7 Å². The van der Waals surface area contributed by atoms with Gasteiger partial charge in [0.1, 0.15) is 0 Å². The number of carbonyl (C=O) groups is 1. The fraction of sp³-hybridized carbons (Fsp3) is 0.304. The van der Waals surface area contributed by atoms with Gasteiger partial charge in [-0.25, -0.2) is 0 Å². The van der Waals surface area contributed by atoms with Crippen LogP contribution in [0, 0.1) is 0 Å². The van der Waals surface area contributed by atoms with E-state index in [4.69, 9.17) is 0 Å². The number of rotatable bonds is 8. The van der Waals surface area contributed by atoms with Crippen LogP contribution in [0.3, 0.4) is 0 Å². The van der Waals surface area contributed by atoms with Crippen LogP contribution in [0.15, 0.2) is 60.8 Å². The molecule has 0 fully saturated rings. The molecule has 3 rings (SSSR count). The number of unbranched alkanes of at least 4 members (excludes halogenated alkanes) is 4. The normalized spacial score (nSPS) is 10.9. The number of fused-ring (bicyclic) bond motifs is 1. The van der Waals surface area contributed by atoms with Crippen LogP contribution in [-0.4, -0.2) is 10.8 Å². The van der Waals surface area contributed by atoms with Crippen molar-refractivity contribution in [2.24, 2.45) is 0 Å². The average Bonchev–Trinajstić information content (AvgIpc) is 2.67. The van der Waals surface area contributed by atoms with Gasteiger partial charge in [0, 0.05) is 22.7 Å². The monoisotopic (exact) mass is 331 g/mol. The molecule has 0 aliphatic carbocycles. The zero-order valence-corrected chi connectivity index (χ0v) is 14.9. The fourth-order valence-electron chi connectivity index (χ4n) is 3.12. The summed E-state index contributed by atoms with van der Waals surface area (Å²) in [6.07, 6.45) is 9.21. The van der Waals surface area contributed by atoms with Crippen LogP contribution < -0.4 is 0 Å². The first-order valence-electron chi connectivity index (χ1n) is 9.26. The molecule has 0 aliphatic rings. The third kappa shape index (κ3) is 4.54. The van der Waals surface area contributed by atoms with E-state index in [1.54, 1.807) is 6.20 Å². The number of para-hydroxylation sites is 1. The van der Waals surface area contributed by atoms with E-state index in [0.29, 0.717) is 5.56 Å². The van der Waals surface area contributed by atoms with Crippen molar-refractivity contribution in [2.75, 3.05) is 0 Å². The van der Waals surface area contributed by atoms with E-state index in [2.05, 4.69) is 24.0 Å². The van der Waals surface area contributed by atoms with Gasteiger partial charge < -0.3 is 0 Å². The van der Waals surface area contributed by atoms with Crippen LogP contribution in [0.4, 0.5) is 0 Å². The summed E-state index contributed by atoms with van der Waals surface area (Å²) in [5.74, 6) is 0.0350. The minimum atomic E-state index is 0.0350. The SMILES string of the molecule is CCCCCCCc1ccc(C(=O)c2cnc3ccccc3c2)cc1. The lowest BCUT2D eigenvalue weighted by Crippen LogP contribution is -2.02. The molecule has 0 aliphatic heterocycles. The highest BCUT2D eigenvalue weighted by atomic mass is 16.1. The Hall–Kier alpha value is -2.48. The molecule has 0 radical (unpaired) electrons. The van der Waals surface area contributed by atoms with E-state index in [0.717, 1.165) is 22.9 Å². The third-order valence-electron chi connectivity index (χ3n) is 4.64. The standard InChI is InChI=1S/C23H25NO/c1-2-3-4-5-6-9-18-12-14-19(15-13-18)23(25)21-16-20-10-7-8-11-22(20)24-17-21/h7-8,10-17H,2-6,9H2,1H3. The Morgan fingerprint density at radius 3 is 2.44 bits per heavy atom. The van der Waals surface area contributed by atoms with Crippen molar-refractivity contribution in [3.8, 4) is 0 Å². The highest BCUT2D eigenvalue weighted by molar-refractivity contribution is 6.10. The van der Waals surface area contributed by atoms with Gasteiger partial charge in [0.2, 0.25) is 0 Å². The Labute approximate surface area is 149 Å². The van der Waals surface area contributed by atoms with Crippen LogP contribution in [0.5, 0.6) is 0 Å². The molecule has 2 nitrogen and oxygen atoms in total. The number of hydrogen-bond acceptors (Lipinski definition) is 2. The minimum Gasteiger partial charge on any atom is -0.289 e. The van der Waals surface area contributed by atoms with Gasteiger partial charge in [0.05, 0.1) is 5.52 Å². The van der Waals surface area contributed by atoms with Gasteiger partial charge in [0.15, 0.2) is 5.78 Å². The largest absolute Gasteiger partial charge is 0.289 e. The second-order valence-corrected chi connectivity index (χ2v) is 6.61. The number of ketones is 1. The van der Waals surface area contributed by atoms with E-state index in [9.17, 15) is 4.79 Å². The van der Waals surface area contributed by atoms with Crippen molar-refractivity contribution >= 4 is 16.7 Å². The molecule has 0 saturated carbocycles. The molecule has 0 bridgehead atoms. The number of nitrogens with zero attached hydrogens (tertiary/aromatic N) is 1. The first-order chi connectivity index (χ1) is 12.3. The zero-order valence-electron chi connectivity index (χ0n) is 14.9. The van der Waals surface area contributed by atoms with E-state index in [1.807, 2.05) is 42.5 Å². The van der Waals surface area contributed by atoms with Gasteiger partial charge in [-0.3, -0.25) is 9.78 Å². The zero-order chi connectivity index (χ0) is 17.5. The molecule has 25 heavy (non-hydrogen) atoms. The molecule has 0 amide bonds. The number of aryl methyl sites for hydroxylation is 1. The summed E-state index contributed by atoms with van der Waals surface area (Å²) in [5, 5.41) is 0.997. The maximum absolute atomic E-state index is 12.7. The van der Waals surface area contributed by atoms with Crippen molar-refractivity contribution in [2.45, 2.75) is 45.4 Å². The van der Waals surface area contributed by atoms with Crippen molar-refractivity contribution in [1.82, 2.24) is 4.98 Å². The average molecular weight is 331 g/mol. The lowest BCUT2D eigenvalue weighted by molar-refractivity contribution is 0.103. The van der Waals surface area contributed by atoms with Gasteiger partial charge in [-0.1, -0.05) is 75.1 Å². The molecular weight excluding hydrogens is 306 g/mol. The predicted molar refractivity (Wildman–Crippen MR) is 104 cm³/mol. The molecule has 0 saturated heterocycles. The summed E-state index contributed by atoms with van der Waals surface area (Å²) in [6, 6.07) is 17.8. The number of hydrogen-bond donors (Lipinski definition) is 0. The molecule has 0 atom stereocenters. The fourth-order valence-corrected chi connectivity index (χ4v) is 3.12. The molecule has 128 valence electrons. The van der Waals surface area contributed by atoms with Gasteiger partial charge >= 0.3 is 0 Å². The van der Waals surface area contributed by atoms with E-state index >= 15 is 0 Å². The van der Waals surface area contributed by atoms with Crippen molar-refractivity contribution in [3.05, 3.63) is 77.5 Å². The smallest absolute Gasteiger partial charge is 0.194 e. The van der Waals surface area contributed by atoms with Gasteiger partial charge in [0.25, 0.3) is 0 Å². The molecular formula is C23H25NO. The molecule has 2 heteroatoms. The van der Waals surface area contributed by atoms with E-state index < -0.39 is 0 Å². The van der Waals surface area contributed by atoms with Gasteiger partial charge in [-0.2, -0.15) is 0 Å². The van der Waals surface area contributed by atoms with E-state index in [-0.39, 0.29) is 5.78 Å². The maximum atomic E-state index is 12.7. The summed E-state index contributed by atoms with van der Waals surface area (Å²) in [7, 11) is 0. The maximum Gasteiger partial charge on any atom is 0.194 e. The van der Waals surface area contributed by atoms with Crippen LogP contribution in [0.25, 0.3) is 10.9 Å². The molecule has 2 aromatic carbocycles. The Morgan fingerprint density at radius 1 is 0.880 bits per heavy atom. The first-order valence-corrected chi connectivity index (χ1v) is 9.26. The first kappa shape index (κ1) is 17.3. The van der Waals surface area contributed by atoms with Crippen molar-refractivity contribution in [1.29, 1.82) is 0 Å². The lowest BCUT2D eigenvalue weighted by Gasteiger charge is -2.05.